The van der Waals surface area contributed by atoms with Crippen LogP contribution in [0.4, 0.5) is 5.69 Å². The van der Waals surface area contributed by atoms with Gasteiger partial charge in [0.2, 0.25) is 0 Å². The average Bonchev–Trinajstić information content (AvgIpc) is 2.85. The summed E-state index contributed by atoms with van der Waals surface area (Å²) in [5.41, 5.74) is 1.94. The van der Waals surface area contributed by atoms with Crippen LogP contribution in [0.25, 0.3) is 6.08 Å². The van der Waals surface area contributed by atoms with Gasteiger partial charge in [-0.3, -0.25) is 19.8 Å². The van der Waals surface area contributed by atoms with Gasteiger partial charge in [-0.1, -0.05) is 12.1 Å². The zero-order valence-electron chi connectivity index (χ0n) is 15.4. The lowest BCUT2D eigenvalue weighted by atomic mass is 10.1. The van der Waals surface area contributed by atoms with E-state index >= 15 is 0 Å². The van der Waals surface area contributed by atoms with Crippen molar-refractivity contribution in [3.63, 3.8) is 0 Å². The van der Waals surface area contributed by atoms with Crippen LogP contribution in [0.5, 0.6) is 5.75 Å². The molecule has 1 aliphatic rings. The third-order valence-electron chi connectivity index (χ3n) is 4.29. The summed E-state index contributed by atoms with van der Waals surface area (Å²) < 4.78 is 7.19. The molecule has 0 bridgehead atoms. The number of likely N-dealkylation sites (N-methyl/N-ethyl adjacent to an activating group) is 2. The van der Waals surface area contributed by atoms with E-state index in [0.717, 1.165) is 5.56 Å². The number of nitro groups is 1. The molecule has 7 nitrogen and oxygen atoms in total. The maximum absolute atomic E-state index is 12.3. The van der Waals surface area contributed by atoms with E-state index in [-0.39, 0.29) is 18.2 Å². The van der Waals surface area contributed by atoms with Crippen molar-refractivity contribution in [2.24, 2.45) is 0 Å². The number of thiocarbonyl (C=S) groups is 1. The number of ether oxygens (including phenoxy) is 1. The van der Waals surface area contributed by atoms with E-state index in [9.17, 15) is 14.9 Å². The molecule has 0 saturated carbocycles. The largest absolute Gasteiger partial charge is 0.487 e. The molecule has 1 fully saturated rings. The number of non-ortho nitro benzene ring substituents is 1. The molecule has 1 saturated heterocycles. The lowest BCUT2D eigenvalue weighted by Crippen LogP contribution is -2.26. The molecule has 0 radical (unpaired) electrons. The van der Waals surface area contributed by atoms with Gasteiger partial charge in [0.15, 0.2) is 5.11 Å². The number of amides is 1. The Hall–Kier alpha value is -2.30. The number of nitrogens with zero attached hydrogens (tertiary/aromatic N) is 3. The maximum Gasteiger partial charge on any atom is 0.276 e. The lowest BCUT2D eigenvalue weighted by Gasteiger charge is -2.13. The van der Waals surface area contributed by atoms with Gasteiger partial charge in [0.25, 0.3) is 11.6 Å². The minimum atomic E-state index is -0.442. The predicted octanol–water partition coefficient (Wildman–Crippen LogP) is 4.73. The van der Waals surface area contributed by atoms with Gasteiger partial charge in [0.05, 0.1) is 13.9 Å². The highest BCUT2D eigenvalue weighted by atomic mass is 79.9. The second kappa shape index (κ2) is 8.60. The number of hydrogen-bond donors (Lipinski definition) is 0. The van der Waals surface area contributed by atoms with Crippen LogP contribution in [-0.2, 0) is 11.4 Å². The molecular formula is C19H15Br2N3O4S. The van der Waals surface area contributed by atoms with Gasteiger partial charge in [0.1, 0.15) is 18.1 Å². The molecular weight excluding hydrogens is 526 g/mol. The molecule has 3 rings (SSSR count). The van der Waals surface area contributed by atoms with Gasteiger partial charge in [-0.15, -0.1) is 0 Å². The summed E-state index contributed by atoms with van der Waals surface area (Å²) in [5.74, 6) is 0.383. The Labute approximate surface area is 189 Å². The lowest BCUT2D eigenvalue weighted by molar-refractivity contribution is -0.384. The molecule has 1 aliphatic heterocycles. The first-order valence-electron chi connectivity index (χ1n) is 8.31. The second-order valence-electron chi connectivity index (χ2n) is 6.26. The van der Waals surface area contributed by atoms with Gasteiger partial charge in [-0.25, -0.2) is 0 Å². The fourth-order valence-electron chi connectivity index (χ4n) is 2.76. The van der Waals surface area contributed by atoms with Crippen molar-refractivity contribution in [3.8, 4) is 5.75 Å². The molecule has 150 valence electrons. The number of halogens is 2. The van der Waals surface area contributed by atoms with E-state index in [1.165, 1.54) is 17.0 Å². The molecule has 1 amide bonds. The number of benzene rings is 2. The van der Waals surface area contributed by atoms with Crippen molar-refractivity contribution in [2.75, 3.05) is 14.1 Å². The highest BCUT2D eigenvalue weighted by Crippen LogP contribution is 2.36. The number of carbonyl (C=O) groups is 1. The van der Waals surface area contributed by atoms with Gasteiger partial charge < -0.3 is 9.64 Å². The second-order valence-corrected chi connectivity index (χ2v) is 8.34. The first-order chi connectivity index (χ1) is 13.7. The molecule has 0 spiro atoms. The van der Waals surface area contributed by atoms with Crippen molar-refractivity contribution >= 4 is 66.9 Å². The smallest absolute Gasteiger partial charge is 0.276 e. The fourth-order valence-corrected chi connectivity index (χ4v) is 4.39. The van der Waals surface area contributed by atoms with Gasteiger partial charge >= 0.3 is 0 Å². The predicted molar refractivity (Wildman–Crippen MR) is 120 cm³/mol. The molecule has 10 heteroatoms. The molecule has 1 heterocycles. The Balaban J connectivity index is 1.82. The summed E-state index contributed by atoms with van der Waals surface area (Å²) in [6.07, 6.45) is 1.75. The van der Waals surface area contributed by atoms with Crippen molar-refractivity contribution in [1.29, 1.82) is 0 Å². The van der Waals surface area contributed by atoms with E-state index in [0.29, 0.717) is 31.1 Å². The highest BCUT2D eigenvalue weighted by Gasteiger charge is 2.32. The summed E-state index contributed by atoms with van der Waals surface area (Å²) in [4.78, 5) is 25.9. The monoisotopic (exact) mass is 539 g/mol. The van der Waals surface area contributed by atoms with Crippen molar-refractivity contribution in [2.45, 2.75) is 6.61 Å². The standard InChI is InChI=1S/C19H15Br2N3O4S/c1-22-16(18(25)23(2)19(22)29)9-12-7-14(20)17(15(21)8-12)28-10-11-4-3-5-13(6-11)24(26)27/h3-9H,10H2,1-2H3/b16-9-. The van der Waals surface area contributed by atoms with Crippen LogP contribution in [0.2, 0.25) is 0 Å². The summed E-state index contributed by atoms with van der Waals surface area (Å²) in [7, 11) is 3.38. The van der Waals surface area contributed by atoms with Crippen LogP contribution in [0, 0.1) is 10.1 Å². The van der Waals surface area contributed by atoms with Gasteiger partial charge in [0, 0.05) is 26.2 Å². The molecule has 0 aliphatic carbocycles. The van der Waals surface area contributed by atoms with E-state index in [1.54, 1.807) is 37.2 Å². The molecule has 0 unspecified atom stereocenters. The van der Waals surface area contributed by atoms with Crippen molar-refractivity contribution < 1.29 is 14.5 Å². The molecule has 2 aromatic carbocycles. The van der Waals surface area contributed by atoms with Crippen molar-refractivity contribution in [3.05, 3.63) is 72.3 Å². The Morgan fingerprint density at radius 3 is 2.38 bits per heavy atom. The van der Waals surface area contributed by atoms with Gasteiger partial charge in [-0.05, 0) is 73.4 Å². The molecule has 0 atom stereocenters. The Morgan fingerprint density at radius 1 is 1.17 bits per heavy atom. The van der Waals surface area contributed by atoms with E-state index < -0.39 is 4.92 Å². The van der Waals surface area contributed by atoms with Gasteiger partial charge in [-0.2, -0.15) is 0 Å². The third kappa shape index (κ3) is 4.49. The van der Waals surface area contributed by atoms with Crippen LogP contribution < -0.4 is 4.74 Å². The van der Waals surface area contributed by atoms with E-state index in [1.807, 2.05) is 12.1 Å². The summed E-state index contributed by atoms with van der Waals surface area (Å²) in [5, 5.41) is 11.3. The third-order valence-corrected chi connectivity index (χ3v) is 6.01. The van der Waals surface area contributed by atoms with E-state index in [2.05, 4.69) is 31.9 Å². The first kappa shape index (κ1) is 21.4. The quantitative estimate of drug-likeness (QED) is 0.236. The molecule has 0 N–H and O–H groups in total. The Morgan fingerprint density at radius 2 is 1.83 bits per heavy atom. The summed E-state index contributed by atoms with van der Waals surface area (Å²) >= 11 is 12.2. The highest BCUT2D eigenvalue weighted by molar-refractivity contribution is 9.11. The number of carbonyl (C=O) groups excluding carboxylic acids is 1. The minimum absolute atomic E-state index is 0.0134. The molecule has 29 heavy (non-hydrogen) atoms. The SMILES string of the molecule is CN1C(=O)/C(=C/c2cc(Br)c(OCc3cccc([N+](=O)[O-])c3)c(Br)c2)N(C)C1=S. The average molecular weight is 541 g/mol. The van der Waals surface area contributed by atoms with Crippen LogP contribution in [0.1, 0.15) is 11.1 Å². The van der Waals surface area contributed by atoms with Crippen LogP contribution in [0.3, 0.4) is 0 Å². The number of nitro benzene ring substituents is 1. The van der Waals surface area contributed by atoms with Crippen LogP contribution >= 0.6 is 44.1 Å². The summed E-state index contributed by atoms with van der Waals surface area (Å²) in [6, 6.07) is 9.93. The fraction of sp³-hybridized carbons (Fsp3) is 0.158. The Bertz CT molecular complexity index is 1030. The minimum Gasteiger partial charge on any atom is -0.487 e. The summed E-state index contributed by atoms with van der Waals surface area (Å²) in [6.45, 7) is 0.166. The molecule has 0 aromatic heterocycles. The normalized spacial score (nSPS) is 15.4. The maximum atomic E-state index is 12.3. The van der Waals surface area contributed by atoms with Crippen molar-refractivity contribution in [1.82, 2.24) is 9.80 Å². The first-order valence-corrected chi connectivity index (χ1v) is 10.3. The Kier molecular flexibility index (Phi) is 6.35. The number of hydrogen-bond acceptors (Lipinski definition) is 5. The van der Waals surface area contributed by atoms with Crippen LogP contribution in [0.15, 0.2) is 51.0 Å². The van der Waals surface area contributed by atoms with E-state index in [4.69, 9.17) is 17.0 Å². The zero-order valence-corrected chi connectivity index (χ0v) is 19.4. The topological polar surface area (TPSA) is 75.9 Å². The number of rotatable bonds is 5. The molecule has 2 aromatic rings. The van der Waals surface area contributed by atoms with Crippen LogP contribution in [-0.4, -0.2) is 39.8 Å². The zero-order chi connectivity index (χ0) is 21.3.